The zero-order valence-corrected chi connectivity index (χ0v) is 16.6. The first-order chi connectivity index (χ1) is 14.1. The minimum atomic E-state index is -0.311. The van der Waals surface area contributed by atoms with Gasteiger partial charge in [0.2, 0.25) is 5.91 Å². The first kappa shape index (κ1) is 19.3. The first-order valence-electron chi connectivity index (χ1n) is 9.10. The molecule has 0 atom stereocenters. The van der Waals surface area contributed by atoms with E-state index in [0.29, 0.717) is 48.5 Å². The number of carbonyl (C=O) groups excluding carboxylic acids is 1. The SMILES string of the molecule is CSc1cc2c(cc1NC(=O)CCc1ncc(-c3ccc(F)cc3)o1)OCCO2. The van der Waals surface area contributed by atoms with Gasteiger partial charge in [0.1, 0.15) is 19.0 Å². The van der Waals surface area contributed by atoms with Gasteiger partial charge in [0.25, 0.3) is 0 Å². The molecule has 2 heterocycles. The highest BCUT2D eigenvalue weighted by Crippen LogP contribution is 2.39. The molecule has 1 amide bonds. The smallest absolute Gasteiger partial charge is 0.224 e. The molecule has 0 aliphatic carbocycles. The molecule has 0 unspecified atom stereocenters. The summed E-state index contributed by atoms with van der Waals surface area (Å²) in [5, 5.41) is 2.92. The van der Waals surface area contributed by atoms with Crippen LogP contribution in [0, 0.1) is 5.82 Å². The fourth-order valence-electron chi connectivity index (χ4n) is 2.94. The maximum absolute atomic E-state index is 13.0. The molecule has 0 spiro atoms. The molecule has 1 N–H and O–H groups in total. The number of ether oxygens (including phenoxy) is 2. The molecular weight excluding hydrogens is 395 g/mol. The fraction of sp³-hybridized carbons (Fsp3) is 0.238. The lowest BCUT2D eigenvalue weighted by molar-refractivity contribution is -0.116. The van der Waals surface area contributed by atoms with Crippen molar-refractivity contribution in [2.24, 2.45) is 0 Å². The molecule has 8 heteroatoms. The number of aryl methyl sites for hydroxylation is 1. The van der Waals surface area contributed by atoms with Crippen LogP contribution in [0.2, 0.25) is 0 Å². The highest BCUT2D eigenvalue weighted by Gasteiger charge is 2.17. The number of hydrogen-bond donors (Lipinski definition) is 1. The van der Waals surface area contributed by atoms with Crippen LogP contribution in [0.15, 0.2) is 51.9 Å². The van der Waals surface area contributed by atoms with Crippen LogP contribution in [0.3, 0.4) is 0 Å². The second-order valence-electron chi connectivity index (χ2n) is 6.37. The molecule has 150 valence electrons. The maximum Gasteiger partial charge on any atom is 0.224 e. The Morgan fingerprint density at radius 3 is 2.62 bits per heavy atom. The number of carbonyl (C=O) groups is 1. The number of halogens is 1. The van der Waals surface area contributed by atoms with Crippen molar-refractivity contribution in [3.63, 3.8) is 0 Å². The molecule has 0 saturated carbocycles. The Bertz CT molecular complexity index is 1020. The number of rotatable bonds is 6. The van der Waals surface area contributed by atoms with Gasteiger partial charge in [-0.15, -0.1) is 11.8 Å². The fourth-order valence-corrected chi connectivity index (χ4v) is 3.50. The van der Waals surface area contributed by atoms with Crippen LogP contribution < -0.4 is 14.8 Å². The molecule has 4 rings (SSSR count). The number of thioether (sulfide) groups is 1. The number of aromatic nitrogens is 1. The van der Waals surface area contributed by atoms with Crippen molar-refractivity contribution < 1.29 is 23.1 Å². The van der Waals surface area contributed by atoms with E-state index >= 15 is 0 Å². The van der Waals surface area contributed by atoms with Crippen molar-refractivity contribution in [3.8, 4) is 22.8 Å². The average Bonchev–Trinajstić information content (AvgIpc) is 3.21. The second kappa shape index (κ2) is 8.57. The van der Waals surface area contributed by atoms with E-state index < -0.39 is 0 Å². The quantitative estimate of drug-likeness (QED) is 0.597. The lowest BCUT2D eigenvalue weighted by atomic mass is 10.2. The zero-order chi connectivity index (χ0) is 20.2. The molecule has 1 aromatic heterocycles. The van der Waals surface area contributed by atoms with Crippen molar-refractivity contribution in [3.05, 3.63) is 54.3 Å². The van der Waals surface area contributed by atoms with E-state index in [2.05, 4.69) is 10.3 Å². The van der Waals surface area contributed by atoms with Gasteiger partial charge in [0.05, 0.1) is 11.9 Å². The third kappa shape index (κ3) is 4.54. The van der Waals surface area contributed by atoms with E-state index in [4.69, 9.17) is 13.9 Å². The molecule has 0 fully saturated rings. The summed E-state index contributed by atoms with van der Waals surface area (Å²) in [5.41, 5.74) is 1.42. The third-order valence-electron chi connectivity index (χ3n) is 4.39. The molecular formula is C21H19FN2O4S. The summed E-state index contributed by atoms with van der Waals surface area (Å²) < 4.78 is 29.9. The molecule has 0 radical (unpaired) electrons. The van der Waals surface area contributed by atoms with Crippen LogP contribution >= 0.6 is 11.8 Å². The number of oxazole rings is 1. The van der Waals surface area contributed by atoms with Crippen LogP contribution in [0.4, 0.5) is 10.1 Å². The zero-order valence-electron chi connectivity index (χ0n) is 15.7. The highest BCUT2D eigenvalue weighted by atomic mass is 32.2. The van der Waals surface area contributed by atoms with Gasteiger partial charge < -0.3 is 19.2 Å². The van der Waals surface area contributed by atoms with Gasteiger partial charge in [-0.25, -0.2) is 9.37 Å². The summed E-state index contributed by atoms with van der Waals surface area (Å²) in [7, 11) is 0. The molecule has 2 aromatic carbocycles. The molecule has 3 aromatic rings. The summed E-state index contributed by atoms with van der Waals surface area (Å²) in [6, 6.07) is 9.63. The van der Waals surface area contributed by atoms with Gasteiger partial charge in [-0.1, -0.05) is 0 Å². The number of amides is 1. The van der Waals surface area contributed by atoms with Crippen molar-refractivity contribution >= 4 is 23.4 Å². The first-order valence-corrected chi connectivity index (χ1v) is 10.3. The monoisotopic (exact) mass is 414 g/mol. The van der Waals surface area contributed by atoms with Crippen molar-refractivity contribution in [2.75, 3.05) is 24.8 Å². The van der Waals surface area contributed by atoms with Gasteiger partial charge in [-0.05, 0) is 36.6 Å². The van der Waals surface area contributed by atoms with Crippen LogP contribution in [-0.2, 0) is 11.2 Å². The Morgan fingerprint density at radius 2 is 1.90 bits per heavy atom. The molecule has 29 heavy (non-hydrogen) atoms. The Balaban J connectivity index is 1.39. The van der Waals surface area contributed by atoms with Gasteiger partial charge in [0, 0.05) is 29.4 Å². The van der Waals surface area contributed by atoms with Crippen LogP contribution in [0.1, 0.15) is 12.3 Å². The molecule has 1 aliphatic rings. The number of anilines is 1. The van der Waals surface area contributed by atoms with Gasteiger partial charge >= 0.3 is 0 Å². The highest BCUT2D eigenvalue weighted by molar-refractivity contribution is 7.98. The topological polar surface area (TPSA) is 73.6 Å². The van der Waals surface area contributed by atoms with E-state index in [1.54, 1.807) is 24.4 Å². The van der Waals surface area contributed by atoms with Crippen LogP contribution in [0.5, 0.6) is 11.5 Å². The summed E-state index contributed by atoms with van der Waals surface area (Å²) in [4.78, 5) is 17.5. The maximum atomic E-state index is 13.0. The Kier molecular flexibility index (Phi) is 5.71. The van der Waals surface area contributed by atoms with Crippen molar-refractivity contribution in [1.29, 1.82) is 0 Å². The average molecular weight is 414 g/mol. The van der Waals surface area contributed by atoms with Crippen LogP contribution in [0.25, 0.3) is 11.3 Å². The lowest BCUT2D eigenvalue weighted by Crippen LogP contribution is -2.17. The molecule has 6 nitrogen and oxygen atoms in total. The van der Waals surface area contributed by atoms with Crippen molar-refractivity contribution in [2.45, 2.75) is 17.7 Å². The predicted molar refractivity (Wildman–Crippen MR) is 108 cm³/mol. The standard InChI is InChI=1S/C21H19FN2O4S/c1-29-19-11-17-16(26-8-9-27-17)10-15(19)24-20(25)6-7-21-23-12-18(28-21)13-2-4-14(22)5-3-13/h2-5,10-12H,6-9H2,1H3,(H,24,25). The number of fused-ring (bicyclic) bond motifs is 1. The summed E-state index contributed by atoms with van der Waals surface area (Å²) in [6.45, 7) is 1.00. The van der Waals surface area contributed by atoms with Gasteiger partial charge in [0.15, 0.2) is 23.1 Å². The molecule has 1 aliphatic heterocycles. The van der Waals surface area contributed by atoms with E-state index in [1.165, 1.54) is 23.9 Å². The second-order valence-corrected chi connectivity index (χ2v) is 7.22. The number of nitrogens with one attached hydrogen (secondary N) is 1. The van der Waals surface area contributed by atoms with E-state index in [-0.39, 0.29) is 18.1 Å². The van der Waals surface area contributed by atoms with Crippen LogP contribution in [-0.4, -0.2) is 30.4 Å². The Hall–Kier alpha value is -3.00. The Labute approximate surface area is 171 Å². The summed E-state index contributed by atoms with van der Waals surface area (Å²) in [5.74, 6) is 1.84. The summed E-state index contributed by atoms with van der Waals surface area (Å²) in [6.07, 6.45) is 4.08. The van der Waals surface area contributed by atoms with Gasteiger partial charge in [-0.2, -0.15) is 0 Å². The van der Waals surface area contributed by atoms with E-state index in [0.717, 1.165) is 10.5 Å². The lowest BCUT2D eigenvalue weighted by Gasteiger charge is -2.20. The van der Waals surface area contributed by atoms with E-state index in [9.17, 15) is 9.18 Å². The predicted octanol–water partition coefficient (Wildman–Crippen LogP) is 4.55. The minimum Gasteiger partial charge on any atom is -0.486 e. The molecule has 0 saturated heterocycles. The number of nitrogens with zero attached hydrogens (tertiary/aromatic N) is 1. The third-order valence-corrected chi connectivity index (χ3v) is 5.16. The van der Waals surface area contributed by atoms with E-state index in [1.807, 2.05) is 12.3 Å². The van der Waals surface area contributed by atoms with Crippen molar-refractivity contribution in [1.82, 2.24) is 4.98 Å². The number of hydrogen-bond acceptors (Lipinski definition) is 6. The Morgan fingerprint density at radius 1 is 1.17 bits per heavy atom. The number of benzene rings is 2. The van der Waals surface area contributed by atoms with Gasteiger partial charge in [-0.3, -0.25) is 4.79 Å². The summed E-state index contributed by atoms with van der Waals surface area (Å²) >= 11 is 1.52. The molecule has 0 bridgehead atoms. The normalized spacial score (nSPS) is 12.6. The minimum absolute atomic E-state index is 0.154. The largest absolute Gasteiger partial charge is 0.486 e.